The fourth-order valence-electron chi connectivity index (χ4n) is 2.53. The fraction of sp³-hybridized carbons (Fsp3) is 0.385. The molecule has 1 aromatic rings. The molecule has 2 rings (SSSR count). The SMILES string of the molecule is COc1cccc2c1CCC2(NC(=O)C(F)(F)F)C(=O)O. The van der Waals surface area contributed by atoms with E-state index in [1.54, 1.807) is 11.4 Å². The molecule has 0 heterocycles. The number of carboxylic acids is 1. The van der Waals surface area contributed by atoms with E-state index in [-0.39, 0.29) is 18.4 Å². The van der Waals surface area contributed by atoms with Crippen LogP contribution >= 0.6 is 0 Å². The number of alkyl halides is 3. The summed E-state index contributed by atoms with van der Waals surface area (Å²) < 4.78 is 42.4. The van der Waals surface area contributed by atoms with Gasteiger partial charge >= 0.3 is 18.1 Å². The summed E-state index contributed by atoms with van der Waals surface area (Å²) >= 11 is 0. The van der Waals surface area contributed by atoms with E-state index in [4.69, 9.17) is 4.74 Å². The zero-order valence-corrected chi connectivity index (χ0v) is 11.0. The molecule has 0 saturated heterocycles. The Hall–Kier alpha value is -2.25. The van der Waals surface area contributed by atoms with Crippen LogP contribution in [0, 0.1) is 0 Å². The van der Waals surface area contributed by atoms with Crippen molar-refractivity contribution >= 4 is 11.9 Å². The number of amides is 1. The summed E-state index contributed by atoms with van der Waals surface area (Å²) in [5.41, 5.74) is -1.48. The lowest BCUT2D eigenvalue weighted by Gasteiger charge is -2.27. The minimum absolute atomic E-state index is 0.118. The predicted molar refractivity (Wildman–Crippen MR) is 64.8 cm³/mol. The van der Waals surface area contributed by atoms with Gasteiger partial charge in [-0.3, -0.25) is 4.79 Å². The molecule has 0 fully saturated rings. The number of ether oxygens (including phenoxy) is 1. The van der Waals surface area contributed by atoms with Gasteiger partial charge in [-0.1, -0.05) is 12.1 Å². The highest BCUT2D eigenvalue weighted by Crippen LogP contribution is 2.42. The van der Waals surface area contributed by atoms with Crippen LogP contribution in [0.15, 0.2) is 18.2 Å². The number of rotatable bonds is 3. The lowest BCUT2D eigenvalue weighted by atomic mass is 9.91. The Morgan fingerprint density at radius 2 is 2.05 bits per heavy atom. The molecule has 1 amide bonds. The molecule has 0 spiro atoms. The molecule has 5 nitrogen and oxygen atoms in total. The molecule has 2 N–H and O–H groups in total. The van der Waals surface area contributed by atoms with E-state index in [0.29, 0.717) is 11.3 Å². The zero-order valence-electron chi connectivity index (χ0n) is 11.0. The second kappa shape index (κ2) is 4.94. The van der Waals surface area contributed by atoms with Crippen LogP contribution < -0.4 is 10.1 Å². The number of nitrogens with one attached hydrogen (secondary N) is 1. The van der Waals surface area contributed by atoms with Gasteiger partial charge in [-0.25, -0.2) is 4.79 Å². The molecule has 8 heteroatoms. The fourth-order valence-corrected chi connectivity index (χ4v) is 2.53. The largest absolute Gasteiger partial charge is 0.496 e. The van der Waals surface area contributed by atoms with Gasteiger partial charge in [0.25, 0.3) is 0 Å². The number of hydrogen-bond donors (Lipinski definition) is 2. The summed E-state index contributed by atoms with van der Waals surface area (Å²) in [7, 11) is 1.38. The first-order valence-electron chi connectivity index (χ1n) is 6.01. The number of halogens is 3. The maximum Gasteiger partial charge on any atom is 0.471 e. The van der Waals surface area contributed by atoms with Crippen LogP contribution in [-0.4, -0.2) is 30.3 Å². The molecule has 0 aliphatic heterocycles. The van der Waals surface area contributed by atoms with Gasteiger partial charge in [-0.05, 0) is 24.5 Å². The number of carbonyl (C=O) groups excluding carboxylic acids is 1. The lowest BCUT2D eigenvalue weighted by molar-refractivity contribution is -0.178. The molecule has 0 radical (unpaired) electrons. The molecule has 1 aliphatic carbocycles. The lowest BCUT2D eigenvalue weighted by Crippen LogP contribution is -2.54. The topological polar surface area (TPSA) is 75.6 Å². The third-order valence-electron chi connectivity index (χ3n) is 3.51. The number of benzene rings is 1. The number of hydrogen-bond acceptors (Lipinski definition) is 3. The number of fused-ring (bicyclic) bond motifs is 1. The van der Waals surface area contributed by atoms with Crippen LogP contribution in [0.5, 0.6) is 5.75 Å². The van der Waals surface area contributed by atoms with Crippen LogP contribution in [0.25, 0.3) is 0 Å². The van der Waals surface area contributed by atoms with Gasteiger partial charge in [0.05, 0.1) is 7.11 Å². The van der Waals surface area contributed by atoms with Gasteiger partial charge < -0.3 is 15.2 Å². The van der Waals surface area contributed by atoms with Crippen molar-refractivity contribution in [3.63, 3.8) is 0 Å². The third kappa shape index (κ3) is 2.41. The van der Waals surface area contributed by atoms with Crippen LogP contribution in [0.1, 0.15) is 17.5 Å². The molecule has 1 aromatic carbocycles. The number of methoxy groups -OCH3 is 1. The van der Waals surface area contributed by atoms with Crippen LogP contribution in [0.3, 0.4) is 0 Å². The molecular weight excluding hydrogens is 291 g/mol. The molecule has 1 aliphatic rings. The second-order valence-corrected chi connectivity index (χ2v) is 4.65. The highest BCUT2D eigenvalue weighted by Gasteiger charge is 2.52. The molecule has 114 valence electrons. The molecular formula is C13H12F3NO4. The van der Waals surface area contributed by atoms with Crippen molar-refractivity contribution in [2.45, 2.75) is 24.6 Å². The Balaban J connectivity index is 2.50. The van der Waals surface area contributed by atoms with Crippen molar-refractivity contribution in [2.24, 2.45) is 0 Å². The Kier molecular flexibility index (Phi) is 3.56. The van der Waals surface area contributed by atoms with E-state index < -0.39 is 23.6 Å². The summed E-state index contributed by atoms with van der Waals surface area (Å²) in [6.07, 6.45) is -5.12. The zero-order chi connectivity index (χ0) is 15.8. The summed E-state index contributed by atoms with van der Waals surface area (Å²) in [6.45, 7) is 0. The van der Waals surface area contributed by atoms with Gasteiger partial charge in [0.1, 0.15) is 5.75 Å². The molecule has 1 atom stereocenters. The van der Waals surface area contributed by atoms with E-state index in [2.05, 4.69) is 0 Å². The average molecular weight is 303 g/mol. The number of carbonyl (C=O) groups is 2. The molecule has 0 bridgehead atoms. The maximum atomic E-state index is 12.4. The van der Waals surface area contributed by atoms with E-state index in [1.807, 2.05) is 0 Å². The predicted octanol–water partition coefficient (Wildman–Crippen LogP) is 1.60. The highest BCUT2D eigenvalue weighted by molar-refractivity contribution is 5.91. The minimum atomic E-state index is -5.15. The van der Waals surface area contributed by atoms with Gasteiger partial charge in [-0.15, -0.1) is 0 Å². The molecule has 0 aromatic heterocycles. The summed E-state index contributed by atoms with van der Waals surface area (Å²) in [5.74, 6) is -3.43. The normalized spacial score (nSPS) is 20.8. The van der Waals surface area contributed by atoms with Crippen LogP contribution in [0.2, 0.25) is 0 Å². The highest BCUT2D eigenvalue weighted by atomic mass is 19.4. The smallest absolute Gasteiger partial charge is 0.471 e. The van der Waals surface area contributed by atoms with Crippen LogP contribution in [-0.2, 0) is 21.5 Å². The van der Waals surface area contributed by atoms with Crippen molar-refractivity contribution in [1.29, 1.82) is 0 Å². The molecule has 1 unspecified atom stereocenters. The Bertz CT molecular complexity index is 600. The van der Waals surface area contributed by atoms with E-state index in [0.717, 1.165) is 0 Å². The minimum Gasteiger partial charge on any atom is -0.496 e. The van der Waals surface area contributed by atoms with Crippen molar-refractivity contribution in [3.05, 3.63) is 29.3 Å². The Labute approximate surface area is 117 Å². The number of carboxylic acid groups (broad SMARTS) is 1. The first-order valence-corrected chi connectivity index (χ1v) is 6.01. The van der Waals surface area contributed by atoms with Gasteiger partial charge in [0.15, 0.2) is 5.54 Å². The Morgan fingerprint density at radius 1 is 1.38 bits per heavy atom. The van der Waals surface area contributed by atoms with E-state index in [1.165, 1.54) is 19.2 Å². The second-order valence-electron chi connectivity index (χ2n) is 4.65. The van der Waals surface area contributed by atoms with Crippen molar-refractivity contribution in [2.75, 3.05) is 7.11 Å². The van der Waals surface area contributed by atoms with E-state index >= 15 is 0 Å². The summed E-state index contributed by atoms with van der Waals surface area (Å²) in [4.78, 5) is 22.7. The van der Waals surface area contributed by atoms with Crippen LogP contribution in [0.4, 0.5) is 13.2 Å². The van der Waals surface area contributed by atoms with Crippen molar-refractivity contribution in [3.8, 4) is 5.75 Å². The molecule has 0 saturated carbocycles. The standard InChI is InChI=1S/C13H12F3NO4/c1-21-9-4-2-3-8-7(9)5-6-12(8,11(19)20)17-10(18)13(14,15)16/h2-4H,5-6H2,1H3,(H,17,18)(H,19,20). The monoisotopic (exact) mass is 303 g/mol. The van der Waals surface area contributed by atoms with Gasteiger partial charge in [-0.2, -0.15) is 13.2 Å². The maximum absolute atomic E-state index is 12.4. The van der Waals surface area contributed by atoms with Gasteiger partial charge in [0.2, 0.25) is 0 Å². The summed E-state index contributed by atoms with van der Waals surface area (Å²) in [6, 6.07) is 4.44. The third-order valence-corrected chi connectivity index (χ3v) is 3.51. The number of aliphatic carboxylic acids is 1. The Morgan fingerprint density at radius 3 is 2.57 bits per heavy atom. The summed E-state index contributed by atoms with van der Waals surface area (Å²) in [5, 5.41) is 11.0. The molecule has 21 heavy (non-hydrogen) atoms. The first kappa shape index (κ1) is 15.1. The quantitative estimate of drug-likeness (QED) is 0.889. The van der Waals surface area contributed by atoms with Gasteiger partial charge in [0, 0.05) is 5.56 Å². The van der Waals surface area contributed by atoms with E-state index in [9.17, 15) is 27.9 Å². The average Bonchev–Trinajstić information content (AvgIpc) is 2.78. The van der Waals surface area contributed by atoms with Crippen molar-refractivity contribution < 1.29 is 32.6 Å². The van der Waals surface area contributed by atoms with Crippen molar-refractivity contribution in [1.82, 2.24) is 5.32 Å². The first-order chi connectivity index (χ1) is 9.72.